The number of aliphatic carboxylic acids is 1. The smallest absolute Gasteiger partial charge is 0.330 e. The van der Waals surface area contributed by atoms with Gasteiger partial charge in [0.15, 0.2) is 12.1 Å². The molecule has 1 saturated heterocycles. The molecule has 3 unspecified atom stereocenters. The molecule has 126 valence electrons. The Morgan fingerprint density at radius 2 is 2.17 bits per heavy atom. The second-order valence-electron chi connectivity index (χ2n) is 5.36. The topological polar surface area (TPSA) is 79.2 Å². The number of halogens is 1. The minimum absolute atomic E-state index is 0.0202. The van der Waals surface area contributed by atoms with Crippen LogP contribution in [0.5, 0.6) is 5.75 Å². The predicted octanol–water partition coefficient (Wildman–Crippen LogP) is 2.00. The van der Waals surface area contributed by atoms with Crippen LogP contribution in [0.2, 0.25) is 0 Å². The van der Waals surface area contributed by atoms with Crippen molar-refractivity contribution in [2.24, 2.45) is 4.99 Å². The molecule has 0 bridgehead atoms. The Labute approximate surface area is 148 Å². The van der Waals surface area contributed by atoms with Gasteiger partial charge < -0.3 is 14.7 Å². The van der Waals surface area contributed by atoms with Crippen LogP contribution in [0.25, 0.3) is 0 Å². The number of amides is 1. The summed E-state index contributed by atoms with van der Waals surface area (Å²) >= 11 is 7.04. The van der Waals surface area contributed by atoms with E-state index in [9.17, 15) is 14.7 Å². The molecule has 3 rings (SSSR count). The summed E-state index contributed by atoms with van der Waals surface area (Å²) in [5, 5.41) is 9.71. The highest BCUT2D eigenvalue weighted by Gasteiger charge is 2.56. The molecule has 2 aliphatic heterocycles. The first-order chi connectivity index (χ1) is 11.5. The average Bonchev–Trinajstić information content (AvgIpc) is 2.97. The highest BCUT2D eigenvalue weighted by Crippen LogP contribution is 2.41. The summed E-state index contributed by atoms with van der Waals surface area (Å²) in [6, 6.07) is 7.62. The Morgan fingerprint density at radius 1 is 1.46 bits per heavy atom. The fraction of sp³-hybridized carbons (Fsp3) is 0.312. The Hall–Kier alpha value is -1.99. The first-order valence-corrected chi connectivity index (χ1v) is 8.64. The lowest BCUT2D eigenvalue weighted by molar-refractivity contribution is -0.157. The van der Waals surface area contributed by atoms with Gasteiger partial charge in [0.1, 0.15) is 22.8 Å². The minimum Gasteiger partial charge on any atom is -0.487 e. The van der Waals surface area contributed by atoms with Gasteiger partial charge in [0.25, 0.3) is 5.91 Å². The molecule has 1 N–H and O–H groups in total. The van der Waals surface area contributed by atoms with Crippen molar-refractivity contribution in [1.29, 1.82) is 0 Å². The number of ether oxygens (including phenoxy) is 1. The van der Waals surface area contributed by atoms with Gasteiger partial charge in [0.05, 0.1) is 0 Å². The molecule has 1 amide bonds. The molecular weight excluding hydrogens is 352 g/mol. The lowest BCUT2D eigenvalue weighted by Gasteiger charge is -2.44. The molecule has 0 spiro atoms. The summed E-state index contributed by atoms with van der Waals surface area (Å²) in [5.74, 6) is -0.766. The van der Waals surface area contributed by atoms with E-state index in [2.05, 4.69) is 11.6 Å². The molecule has 2 heterocycles. The van der Waals surface area contributed by atoms with E-state index in [0.29, 0.717) is 10.8 Å². The normalized spacial score (nSPS) is 23.1. The summed E-state index contributed by atoms with van der Waals surface area (Å²) in [4.78, 5) is 29.4. The van der Waals surface area contributed by atoms with Crippen LogP contribution in [0.3, 0.4) is 0 Å². The van der Waals surface area contributed by atoms with Crippen LogP contribution in [-0.2, 0) is 9.59 Å². The van der Waals surface area contributed by atoms with E-state index in [1.165, 1.54) is 16.7 Å². The van der Waals surface area contributed by atoms with Crippen molar-refractivity contribution < 1.29 is 19.4 Å². The number of carbonyl (C=O) groups excluding carboxylic acids is 1. The SMILES string of the molecule is C=C(CCl)C(C(=O)O)N1C(=O)C2N=C(COc3ccccc3)SC21. The van der Waals surface area contributed by atoms with Crippen LogP contribution in [0.15, 0.2) is 47.5 Å². The third-order valence-electron chi connectivity index (χ3n) is 3.77. The Kier molecular flexibility index (Phi) is 4.82. The van der Waals surface area contributed by atoms with Gasteiger partial charge in [-0.3, -0.25) is 9.79 Å². The van der Waals surface area contributed by atoms with Gasteiger partial charge in [-0.25, -0.2) is 4.79 Å². The number of nitrogens with zero attached hydrogens (tertiary/aromatic N) is 2. The maximum Gasteiger partial charge on any atom is 0.330 e. The Bertz CT molecular complexity index is 709. The number of rotatable bonds is 7. The highest BCUT2D eigenvalue weighted by atomic mass is 35.5. The van der Waals surface area contributed by atoms with Crippen LogP contribution in [0.1, 0.15) is 0 Å². The average molecular weight is 367 g/mol. The van der Waals surface area contributed by atoms with Crippen molar-refractivity contribution in [3.05, 3.63) is 42.5 Å². The number of alkyl halides is 1. The van der Waals surface area contributed by atoms with E-state index >= 15 is 0 Å². The molecular formula is C16H15ClN2O4S. The third kappa shape index (κ3) is 3.01. The number of fused-ring (bicyclic) bond motifs is 1. The van der Waals surface area contributed by atoms with Crippen molar-refractivity contribution in [1.82, 2.24) is 4.90 Å². The van der Waals surface area contributed by atoms with E-state index in [1.807, 2.05) is 30.3 Å². The number of carboxylic acids is 1. The lowest BCUT2D eigenvalue weighted by atomic mass is 10.00. The number of benzene rings is 1. The van der Waals surface area contributed by atoms with Gasteiger partial charge in [0.2, 0.25) is 0 Å². The maximum absolute atomic E-state index is 12.2. The lowest BCUT2D eigenvalue weighted by Crippen LogP contribution is -2.66. The number of aliphatic imine (C=N–C) groups is 1. The van der Waals surface area contributed by atoms with Gasteiger partial charge in [-0.15, -0.1) is 11.6 Å². The molecule has 2 aliphatic rings. The van der Waals surface area contributed by atoms with Gasteiger partial charge in [-0.2, -0.15) is 0 Å². The zero-order chi connectivity index (χ0) is 17.3. The van der Waals surface area contributed by atoms with Gasteiger partial charge in [-0.1, -0.05) is 36.5 Å². The third-order valence-corrected chi connectivity index (χ3v) is 5.33. The van der Waals surface area contributed by atoms with E-state index in [1.54, 1.807) is 0 Å². The van der Waals surface area contributed by atoms with E-state index in [-0.39, 0.29) is 29.3 Å². The largest absolute Gasteiger partial charge is 0.487 e. The van der Waals surface area contributed by atoms with Crippen molar-refractivity contribution in [3.8, 4) is 5.75 Å². The van der Waals surface area contributed by atoms with E-state index in [4.69, 9.17) is 16.3 Å². The molecule has 0 aliphatic carbocycles. The molecule has 0 aromatic heterocycles. The van der Waals surface area contributed by atoms with Crippen LogP contribution >= 0.6 is 23.4 Å². The molecule has 8 heteroatoms. The molecule has 6 nitrogen and oxygen atoms in total. The van der Waals surface area contributed by atoms with Gasteiger partial charge >= 0.3 is 5.97 Å². The predicted molar refractivity (Wildman–Crippen MR) is 92.7 cm³/mol. The van der Waals surface area contributed by atoms with E-state index < -0.39 is 18.1 Å². The van der Waals surface area contributed by atoms with Crippen molar-refractivity contribution in [2.45, 2.75) is 17.5 Å². The highest BCUT2D eigenvalue weighted by molar-refractivity contribution is 8.15. The van der Waals surface area contributed by atoms with Crippen molar-refractivity contribution in [3.63, 3.8) is 0 Å². The number of hydrogen-bond acceptors (Lipinski definition) is 5. The number of carbonyl (C=O) groups is 2. The second kappa shape index (κ2) is 6.86. The number of para-hydroxylation sites is 1. The fourth-order valence-corrected chi connectivity index (χ4v) is 3.98. The van der Waals surface area contributed by atoms with E-state index in [0.717, 1.165) is 0 Å². The zero-order valence-corrected chi connectivity index (χ0v) is 14.2. The summed E-state index contributed by atoms with van der Waals surface area (Å²) < 4.78 is 5.62. The Balaban J connectivity index is 1.65. The second-order valence-corrected chi connectivity index (χ2v) is 6.81. The first-order valence-electron chi connectivity index (χ1n) is 7.22. The standard InChI is InChI=1S/C16H15ClN2O4S/c1-9(7-17)13(16(21)22)19-14(20)12-15(19)24-11(18-12)8-23-10-5-3-2-4-6-10/h2-6,12-13,15H,1,7-8H2,(H,21,22). The van der Waals surface area contributed by atoms with Crippen LogP contribution < -0.4 is 4.74 Å². The van der Waals surface area contributed by atoms with Crippen LogP contribution in [0, 0.1) is 0 Å². The fourth-order valence-electron chi connectivity index (χ4n) is 2.61. The minimum atomic E-state index is -1.14. The zero-order valence-electron chi connectivity index (χ0n) is 12.6. The summed E-state index contributed by atoms with van der Waals surface area (Å²) in [7, 11) is 0. The molecule has 0 saturated carbocycles. The molecule has 0 radical (unpaired) electrons. The molecule has 3 atom stereocenters. The van der Waals surface area contributed by atoms with Crippen LogP contribution in [0.4, 0.5) is 0 Å². The molecule has 1 fully saturated rings. The number of thioether (sulfide) groups is 1. The quantitative estimate of drug-likeness (QED) is 0.453. The summed E-state index contributed by atoms with van der Waals surface area (Å²) in [6.45, 7) is 3.91. The molecule has 1 aromatic rings. The first kappa shape index (κ1) is 16.9. The number of β-lactam (4-membered cyclic amide) rings is 1. The van der Waals surface area contributed by atoms with Gasteiger partial charge in [0, 0.05) is 5.88 Å². The number of carboxylic acid groups (broad SMARTS) is 1. The summed E-state index contributed by atoms with van der Waals surface area (Å²) in [6.07, 6.45) is 0. The maximum atomic E-state index is 12.2. The van der Waals surface area contributed by atoms with Crippen LogP contribution in [-0.4, -0.2) is 56.9 Å². The Morgan fingerprint density at radius 3 is 2.79 bits per heavy atom. The molecule has 1 aromatic carbocycles. The molecule has 24 heavy (non-hydrogen) atoms. The van der Waals surface area contributed by atoms with Gasteiger partial charge in [-0.05, 0) is 17.7 Å². The van der Waals surface area contributed by atoms with Crippen molar-refractivity contribution >= 4 is 40.3 Å². The monoisotopic (exact) mass is 366 g/mol. The summed E-state index contributed by atoms with van der Waals surface area (Å²) in [5.41, 5.74) is 0.283. The number of likely N-dealkylation sites (tertiary alicyclic amines) is 1. The van der Waals surface area contributed by atoms with Crippen molar-refractivity contribution in [2.75, 3.05) is 12.5 Å². The number of hydrogen-bond donors (Lipinski definition) is 1.